The fraction of sp³-hybridized carbons (Fsp3) is 0.533. The van der Waals surface area contributed by atoms with Crippen molar-refractivity contribution in [2.24, 2.45) is 11.8 Å². The molecule has 2 aliphatic carbocycles. The third kappa shape index (κ3) is 1.79. The first-order valence-electron chi connectivity index (χ1n) is 6.18. The number of allylic oxidation sites excluding steroid dienone is 6. The average molecular weight is 217 g/mol. The molecule has 1 nitrogen and oxygen atoms in total. The maximum Gasteiger partial charge on any atom is 0.345 e. The Morgan fingerprint density at radius 1 is 1.00 bits per heavy atom. The normalized spacial score (nSPS) is 30.6. The highest BCUT2D eigenvalue weighted by Gasteiger charge is 2.28. The molecule has 0 aromatic rings. The first kappa shape index (κ1) is 11.4. The van der Waals surface area contributed by atoms with E-state index in [-0.39, 0.29) is 0 Å². The number of carbonyl (C=O) groups excluding carboxylic acids is 1. The summed E-state index contributed by atoms with van der Waals surface area (Å²) in [5, 5.41) is 0. The summed E-state index contributed by atoms with van der Waals surface area (Å²) in [5.74, 6) is 1.83. The Morgan fingerprint density at radius 3 is 1.88 bits per heavy atom. The third-order valence-electron chi connectivity index (χ3n) is 3.92. The van der Waals surface area contributed by atoms with Gasteiger partial charge in [-0.15, -0.1) is 0 Å². The van der Waals surface area contributed by atoms with Crippen molar-refractivity contribution in [2.45, 2.75) is 40.5 Å². The Bertz CT molecular complexity index is 385. The molecule has 2 atom stereocenters. The van der Waals surface area contributed by atoms with Crippen molar-refractivity contribution in [1.29, 1.82) is 0 Å². The van der Waals surface area contributed by atoms with Gasteiger partial charge in [-0.2, -0.15) is 0 Å². The van der Waals surface area contributed by atoms with Crippen molar-refractivity contribution in [3.05, 3.63) is 34.4 Å². The van der Waals surface area contributed by atoms with Gasteiger partial charge in [0, 0.05) is 0 Å². The van der Waals surface area contributed by atoms with Crippen LogP contribution in [0.4, 0.5) is 0 Å². The summed E-state index contributed by atoms with van der Waals surface area (Å²) in [4.78, 5) is 9.80. The molecule has 0 aromatic heterocycles. The van der Waals surface area contributed by atoms with Gasteiger partial charge in [-0.3, -0.25) is 4.79 Å². The minimum atomic E-state index is 0.447. The average Bonchev–Trinajstić information content (AvgIpc) is 2.54. The second kappa shape index (κ2) is 4.04. The van der Waals surface area contributed by atoms with Crippen molar-refractivity contribution < 1.29 is 4.79 Å². The van der Waals surface area contributed by atoms with Crippen LogP contribution in [0.5, 0.6) is 0 Å². The van der Waals surface area contributed by atoms with Gasteiger partial charge in [0.05, 0.1) is 11.1 Å². The highest BCUT2D eigenvalue weighted by atomic mass is 16.1. The smallest absolute Gasteiger partial charge is 0.273 e. The summed E-state index contributed by atoms with van der Waals surface area (Å²) in [7, 11) is 0. The minimum absolute atomic E-state index is 0.447. The molecule has 0 radical (unpaired) electrons. The second-order valence-corrected chi connectivity index (χ2v) is 5.29. The van der Waals surface area contributed by atoms with Crippen molar-refractivity contribution in [1.82, 2.24) is 0 Å². The fourth-order valence-electron chi connectivity index (χ4n) is 2.99. The number of hydrogen-bond donors (Lipinski definition) is 0. The maximum absolute atomic E-state index is 9.80. The van der Waals surface area contributed by atoms with Crippen molar-refractivity contribution in [3.8, 4) is 0 Å². The molecular weight excluding hydrogens is 196 g/mol. The molecule has 1 saturated carbocycles. The molecule has 1 heteroatoms. The zero-order valence-corrected chi connectivity index (χ0v) is 10.7. The zero-order valence-electron chi connectivity index (χ0n) is 10.7. The Morgan fingerprint density at radius 2 is 1.44 bits per heavy atom. The Kier molecular flexibility index (Phi) is 2.88. The van der Waals surface area contributed by atoms with E-state index >= 15 is 0 Å². The van der Waals surface area contributed by atoms with Crippen LogP contribution in [0.25, 0.3) is 0 Å². The lowest BCUT2D eigenvalue weighted by molar-refractivity contribution is 0.674. The van der Waals surface area contributed by atoms with Gasteiger partial charge >= 0.3 is 5.78 Å². The molecule has 0 saturated heterocycles. The molecule has 0 bridgehead atoms. The molecule has 2 aliphatic rings. The van der Waals surface area contributed by atoms with Gasteiger partial charge in [-0.1, -0.05) is 19.4 Å². The predicted octanol–water partition coefficient (Wildman–Crippen LogP) is 3.80. The van der Waals surface area contributed by atoms with Crippen LogP contribution in [0.1, 0.15) is 40.5 Å². The molecule has 0 aromatic carbocycles. The van der Waals surface area contributed by atoms with Crippen molar-refractivity contribution in [3.63, 3.8) is 0 Å². The number of hydrogen-bond acceptors (Lipinski definition) is 0. The molecule has 2 rings (SSSR count). The molecular formula is C15H21O+. The van der Waals surface area contributed by atoms with Gasteiger partial charge < -0.3 is 0 Å². The molecule has 0 spiro atoms. The Balaban J connectivity index is 2.49. The van der Waals surface area contributed by atoms with Gasteiger partial charge in [-0.05, 0) is 56.3 Å². The standard InChI is InChI=1S/C15H20O/c1-9-5-6-10(2)14(9)13-7-11(3)15(16)12(4)8-13/h7-10H,5-6H2,1-4H3/p+1. The van der Waals surface area contributed by atoms with Crippen LogP contribution in [0, 0.1) is 11.8 Å². The van der Waals surface area contributed by atoms with Crippen LogP contribution in [-0.4, -0.2) is 10.6 Å². The first-order chi connectivity index (χ1) is 7.50. The Hall–Kier alpha value is -1.11. The predicted molar refractivity (Wildman–Crippen MR) is 69.0 cm³/mol. The lowest BCUT2D eigenvalue weighted by Crippen LogP contribution is -2.09. The molecule has 0 heterocycles. The summed E-state index contributed by atoms with van der Waals surface area (Å²) >= 11 is 0. The van der Waals surface area contributed by atoms with E-state index in [9.17, 15) is 4.79 Å². The van der Waals surface area contributed by atoms with Crippen LogP contribution in [0.15, 0.2) is 34.4 Å². The van der Waals surface area contributed by atoms with E-state index in [0.29, 0.717) is 17.6 Å². The van der Waals surface area contributed by atoms with Crippen LogP contribution in [0.2, 0.25) is 0 Å². The van der Waals surface area contributed by atoms with E-state index in [0.717, 1.165) is 11.1 Å². The maximum atomic E-state index is 9.80. The summed E-state index contributed by atoms with van der Waals surface area (Å²) in [6.07, 6.45) is 6.87. The van der Waals surface area contributed by atoms with E-state index in [1.807, 2.05) is 13.8 Å². The summed E-state index contributed by atoms with van der Waals surface area (Å²) in [5.41, 5.74) is 4.90. The van der Waals surface area contributed by atoms with Gasteiger partial charge in [0.1, 0.15) is 0 Å². The van der Waals surface area contributed by atoms with Crippen LogP contribution >= 0.6 is 0 Å². The second-order valence-electron chi connectivity index (χ2n) is 5.29. The largest absolute Gasteiger partial charge is 0.345 e. The summed E-state index contributed by atoms with van der Waals surface area (Å²) in [6.45, 7) is 8.60. The Labute approximate surface area is 97.9 Å². The third-order valence-corrected chi connectivity index (χ3v) is 3.92. The van der Waals surface area contributed by atoms with E-state index in [1.54, 1.807) is 5.57 Å². The van der Waals surface area contributed by atoms with Gasteiger partial charge in [0.15, 0.2) is 0 Å². The van der Waals surface area contributed by atoms with Crippen LogP contribution in [0.3, 0.4) is 0 Å². The van der Waals surface area contributed by atoms with E-state index < -0.39 is 0 Å². The SMILES string of the molecule is CC1=CC(=C2C(C)CCC2C)C=C(C)C1=[OH+]. The fourth-order valence-corrected chi connectivity index (χ4v) is 2.99. The van der Waals surface area contributed by atoms with Crippen molar-refractivity contribution >= 4 is 5.78 Å². The molecule has 0 aliphatic heterocycles. The van der Waals surface area contributed by atoms with Crippen molar-refractivity contribution in [2.75, 3.05) is 0 Å². The molecule has 86 valence electrons. The highest BCUT2D eigenvalue weighted by Crippen LogP contribution is 2.39. The van der Waals surface area contributed by atoms with Gasteiger partial charge in [-0.25, -0.2) is 0 Å². The topological polar surface area (TPSA) is 21.4 Å². The van der Waals surface area contributed by atoms with Crippen LogP contribution < -0.4 is 0 Å². The zero-order chi connectivity index (χ0) is 11.9. The van der Waals surface area contributed by atoms with Gasteiger partial charge in [0.25, 0.3) is 0 Å². The molecule has 1 N–H and O–H groups in total. The van der Waals surface area contributed by atoms with E-state index in [4.69, 9.17) is 0 Å². The summed E-state index contributed by atoms with van der Waals surface area (Å²) in [6, 6.07) is 0. The number of rotatable bonds is 0. The monoisotopic (exact) mass is 217 g/mol. The molecule has 16 heavy (non-hydrogen) atoms. The highest BCUT2D eigenvalue weighted by molar-refractivity contribution is 6.10. The van der Waals surface area contributed by atoms with Crippen LogP contribution in [-0.2, 0) is 0 Å². The van der Waals surface area contributed by atoms with E-state index in [2.05, 4.69) is 26.0 Å². The van der Waals surface area contributed by atoms with Gasteiger partial charge in [0.2, 0.25) is 0 Å². The van der Waals surface area contributed by atoms with E-state index in [1.165, 1.54) is 18.4 Å². The molecule has 1 fully saturated rings. The lowest BCUT2D eigenvalue weighted by atomic mass is 9.87. The molecule has 2 unspecified atom stereocenters. The quantitative estimate of drug-likeness (QED) is 0.550. The first-order valence-corrected chi connectivity index (χ1v) is 6.18. The summed E-state index contributed by atoms with van der Waals surface area (Å²) < 4.78 is 0. The minimum Gasteiger partial charge on any atom is -0.273 e. The lowest BCUT2D eigenvalue weighted by Gasteiger charge is -2.16. The molecule has 0 amide bonds. The number of ketones is 1.